The summed E-state index contributed by atoms with van der Waals surface area (Å²) in [6.45, 7) is 7.44. The summed E-state index contributed by atoms with van der Waals surface area (Å²) in [5, 5.41) is 16.8. The lowest BCUT2D eigenvalue weighted by Crippen LogP contribution is -2.43. The minimum atomic E-state index is 0. The number of nitrogens with zero attached hydrogens (tertiary/aromatic N) is 2. The highest BCUT2D eigenvalue weighted by atomic mass is 127. The number of nitrogens with one attached hydrogen (secondary N) is 1. The van der Waals surface area contributed by atoms with Crippen molar-refractivity contribution in [3.05, 3.63) is 18.0 Å². The van der Waals surface area contributed by atoms with E-state index in [1.54, 1.807) is 0 Å². The van der Waals surface area contributed by atoms with Crippen molar-refractivity contribution in [3.8, 4) is 0 Å². The third-order valence-electron chi connectivity index (χ3n) is 2.79. The van der Waals surface area contributed by atoms with Gasteiger partial charge in [0, 0.05) is 19.3 Å². The maximum atomic E-state index is 9.28. The molecule has 0 saturated carbocycles. The Labute approximate surface area is 121 Å². The van der Waals surface area contributed by atoms with E-state index >= 15 is 0 Å². The molecule has 0 aliphatic heterocycles. The fourth-order valence-corrected chi connectivity index (χ4v) is 1.64. The largest absolute Gasteiger partial charge is 0.395 e. The molecule has 1 atom stereocenters. The van der Waals surface area contributed by atoms with Crippen molar-refractivity contribution < 1.29 is 5.11 Å². The summed E-state index contributed by atoms with van der Waals surface area (Å²) in [7, 11) is 1.92. The second kappa shape index (κ2) is 7.33. The normalized spacial score (nSPS) is 13.2. The van der Waals surface area contributed by atoms with Gasteiger partial charge in [-0.25, -0.2) is 0 Å². The van der Waals surface area contributed by atoms with Crippen molar-refractivity contribution in [3.63, 3.8) is 0 Å². The second-order valence-corrected chi connectivity index (χ2v) is 5.33. The molecule has 4 nitrogen and oxygen atoms in total. The van der Waals surface area contributed by atoms with Crippen molar-refractivity contribution >= 4 is 24.0 Å². The number of rotatable bonds is 5. The van der Waals surface area contributed by atoms with Crippen LogP contribution in [0.5, 0.6) is 0 Å². The molecule has 0 aliphatic rings. The molecule has 0 amide bonds. The van der Waals surface area contributed by atoms with E-state index in [0.29, 0.717) is 0 Å². The number of aliphatic hydroxyl groups is 1. The Hall–Kier alpha value is -0.140. The molecule has 2 N–H and O–H groups in total. The van der Waals surface area contributed by atoms with E-state index in [1.807, 2.05) is 24.1 Å². The molecule has 1 aromatic heterocycles. The number of halogens is 1. The smallest absolute Gasteiger partial charge is 0.0589 e. The molecule has 0 saturated heterocycles. The zero-order valence-corrected chi connectivity index (χ0v) is 13.4. The first-order chi connectivity index (χ1) is 7.43. The summed E-state index contributed by atoms with van der Waals surface area (Å²) < 4.78 is 1.81. The summed E-state index contributed by atoms with van der Waals surface area (Å²) in [5.41, 5.74) is 1.31. The summed E-state index contributed by atoms with van der Waals surface area (Å²) in [6, 6.07) is 0.143. The van der Waals surface area contributed by atoms with Crippen LogP contribution in [-0.2, 0) is 13.5 Å². The lowest BCUT2D eigenvalue weighted by molar-refractivity contribution is 0.160. The van der Waals surface area contributed by atoms with Crippen LogP contribution in [0.3, 0.4) is 0 Å². The Morgan fingerprint density at radius 2 is 2.12 bits per heavy atom. The van der Waals surface area contributed by atoms with Crippen LogP contribution in [0.15, 0.2) is 12.4 Å². The topological polar surface area (TPSA) is 50.1 Å². The average Bonchev–Trinajstić information content (AvgIpc) is 2.57. The highest BCUT2D eigenvalue weighted by molar-refractivity contribution is 14.0. The van der Waals surface area contributed by atoms with Gasteiger partial charge in [0.1, 0.15) is 0 Å². The van der Waals surface area contributed by atoms with Crippen molar-refractivity contribution in [2.75, 3.05) is 13.2 Å². The van der Waals surface area contributed by atoms with Gasteiger partial charge in [-0.05, 0) is 23.9 Å². The second-order valence-electron chi connectivity index (χ2n) is 5.33. The summed E-state index contributed by atoms with van der Waals surface area (Å²) in [5.74, 6) is 0. The van der Waals surface area contributed by atoms with E-state index in [0.717, 1.165) is 13.0 Å². The lowest BCUT2D eigenvalue weighted by Gasteiger charge is -2.30. The standard InChI is InChI=1S/C12H23N3O.HI/c1-12(2,3)11(9-16)13-6-5-10-7-14-15(4)8-10;/h7-8,11,13,16H,5-6,9H2,1-4H3;1H. The predicted octanol–water partition coefficient (Wildman–Crippen LogP) is 1.58. The average molecular weight is 353 g/mol. The molecule has 0 aliphatic carbocycles. The van der Waals surface area contributed by atoms with Crippen molar-refractivity contribution in [2.24, 2.45) is 12.5 Å². The van der Waals surface area contributed by atoms with Crippen molar-refractivity contribution in [1.29, 1.82) is 0 Å². The zero-order valence-electron chi connectivity index (χ0n) is 11.1. The number of aliphatic hydroxyl groups excluding tert-OH is 1. The Balaban J connectivity index is 0.00000256. The van der Waals surface area contributed by atoms with Gasteiger partial charge in [-0.2, -0.15) is 5.10 Å². The molecular formula is C12H24IN3O. The Kier molecular flexibility index (Phi) is 7.27. The highest BCUT2D eigenvalue weighted by Crippen LogP contribution is 2.18. The molecule has 0 radical (unpaired) electrons. The van der Waals surface area contributed by atoms with Gasteiger partial charge in [0.05, 0.1) is 12.8 Å². The molecule has 0 bridgehead atoms. The zero-order chi connectivity index (χ0) is 12.2. The van der Waals surface area contributed by atoms with E-state index in [-0.39, 0.29) is 42.0 Å². The highest BCUT2D eigenvalue weighted by Gasteiger charge is 2.22. The van der Waals surface area contributed by atoms with Gasteiger partial charge in [0.2, 0.25) is 0 Å². The summed E-state index contributed by atoms with van der Waals surface area (Å²) >= 11 is 0. The van der Waals surface area contributed by atoms with Gasteiger partial charge in [-0.15, -0.1) is 24.0 Å². The van der Waals surface area contributed by atoms with Gasteiger partial charge in [0.15, 0.2) is 0 Å². The third kappa shape index (κ3) is 5.83. The fraction of sp³-hybridized carbons (Fsp3) is 0.750. The van der Waals surface area contributed by atoms with Crippen molar-refractivity contribution in [2.45, 2.75) is 33.2 Å². The molecule has 1 heterocycles. The lowest BCUT2D eigenvalue weighted by atomic mass is 9.87. The van der Waals surface area contributed by atoms with Gasteiger partial charge < -0.3 is 10.4 Å². The summed E-state index contributed by atoms with van der Waals surface area (Å²) in [4.78, 5) is 0. The van der Waals surface area contributed by atoms with Crippen LogP contribution in [0.4, 0.5) is 0 Å². The molecule has 5 heteroatoms. The minimum absolute atomic E-state index is 0. The van der Waals surface area contributed by atoms with Crippen LogP contribution in [0.1, 0.15) is 26.3 Å². The third-order valence-corrected chi connectivity index (χ3v) is 2.79. The van der Waals surface area contributed by atoms with Crippen LogP contribution in [0.25, 0.3) is 0 Å². The van der Waals surface area contributed by atoms with Crippen molar-refractivity contribution in [1.82, 2.24) is 15.1 Å². The van der Waals surface area contributed by atoms with E-state index in [2.05, 4.69) is 31.2 Å². The first kappa shape index (κ1) is 16.9. The maximum Gasteiger partial charge on any atom is 0.0589 e. The summed E-state index contributed by atoms with van der Waals surface area (Å²) in [6.07, 6.45) is 4.85. The molecule has 17 heavy (non-hydrogen) atoms. The van der Waals surface area contributed by atoms with E-state index in [9.17, 15) is 5.11 Å². The van der Waals surface area contributed by atoms with Crippen LogP contribution < -0.4 is 5.32 Å². The molecule has 1 aromatic rings. The van der Waals surface area contributed by atoms with Crippen LogP contribution in [-0.4, -0.2) is 34.1 Å². The molecule has 1 rings (SSSR count). The SMILES string of the molecule is Cn1cc(CCNC(CO)C(C)(C)C)cn1.I. The number of aryl methyl sites for hydroxylation is 1. The van der Waals surface area contributed by atoms with Crippen LogP contribution in [0, 0.1) is 5.41 Å². The monoisotopic (exact) mass is 353 g/mol. The first-order valence-electron chi connectivity index (χ1n) is 5.75. The van der Waals surface area contributed by atoms with Gasteiger partial charge >= 0.3 is 0 Å². The Bertz CT molecular complexity index is 320. The van der Waals surface area contributed by atoms with E-state index in [1.165, 1.54) is 5.56 Å². The number of aromatic nitrogens is 2. The fourth-order valence-electron chi connectivity index (χ4n) is 1.64. The maximum absolute atomic E-state index is 9.28. The molecule has 1 unspecified atom stereocenters. The Morgan fingerprint density at radius 3 is 2.53 bits per heavy atom. The van der Waals surface area contributed by atoms with Gasteiger partial charge in [-0.3, -0.25) is 4.68 Å². The number of hydrogen-bond donors (Lipinski definition) is 2. The van der Waals surface area contributed by atoms with E-state index < -0.39 is 0 Å². The van der Waals surface area contributed by atoms with Crippen LogP contribution >= 0.6 is 24.0 Å². The van der Waals surface area contributed by atoms with Gasteiger partial charge in [0.25, 0.3) is 0 Å². The van der Waals surface area contributed by atoms with Gasteiger partial charge in [-0.1, -0.05) is 20.8 Å². The minimum Gasteiger partial charge on any atom is -0.395 e. The first-order valence-corrected chi connectivity index (χ1v) is 5.75. The van der Waals surface area contributed by atoms with Crippen LogP contribution in [0.2, 0.25) is 0 Å². The quantitative estimate of drug-likeness (QED) is 0.791. The van der Waals surface area contributed by atoms with E-state index in [4.69, 9.17) is 0 Å². The Morgan fingerprint density at radius 1 is 1.47 bits per heavy atom. The molecule has 100 valence electrons. The molecule has 0 fully saturated rings. The predicted molar refractivity (Wildman–Crippen MR) is 80.7 cm³/mol. The number of hydrogen-bond acceptors (Lipinski definition) is 3. The molecule has 0 spiro atoms. The molecular weight excluding hydrogens is 329 g/mol. The molecule has 0 aromatic carbocycles.